The SMILES string of the molecule is OC(Cc1cccc(Cl)c1)c1ccc(C(F)F)cc1. The lowest BCUT2D eigenvalue weighted by molar-refractivity contribution is 0.151. The maximum absolute atomic E-state index is 12.4. The van der Waals surface area contributed by atoms with Gasteiger partial charge in [0.05, 0.1) is 6.10 Å². The van der Waals surface area contributed by atoms with Gasteiger partial charge in [0.2, 0.25) is 0 Å². The van der Waals surface area contributed by atoms with Crippen LogP contribution in [0.1, 0.15) is 29.2 Å². The van der Waals surface area contributed by atoms with Crippen molar-refractivity contribution in [2.45, 2.75) is 19.0 Å². The van der Waals surface area contributed by atoms with Crippen molar-refractivity contribution in [2.75, 3.05) is 0 Å². The van der Waals surface area contributed by atoms with E-state index in [0.717, 1.165) is 5.56 Å². The quantitative estimate of drug-likeness (QED) is 0.872. The van der Waals surface area contributed by atoms with Crippen LogP contribution in [0.3, 0.4) is 0 Å². The number of alkyl halides is 2. The first-order valence-corrected chi connectivity index (χ1v) is 6.24. The molecule has 2 aromatic carbocycles. The van der Waals surface area contributed by atoms with Gasteiger partial charge in [0.1, 0.15) is 0 Å². The van der Waals surface area contributed by atoms with Crippen LogP contribution in [0.15, 0.2) is 48.5 Å². The van der Waals surface area contributed by atoms with Crippen LogP contribution < -0.4 is 0 Å². The van der Waals surface area contributed by atoms with Crippen molar-refractivity contribution in [2.24, 2.45) is 0 Å². The largest absolute Gasteiger partial charge is 0.388 e. The first-order chi connectivity index (χ1) is 9.06. The summed E-state index contributed by atoms with van der Waals surface area (Å²) < 4.78 is 24.8. The lowest BCUT2D eigenvalue weighted by atomic mass is 10.0. The van der Waals surface area contributed by atoms with E-state index in [-0.39, 0.29) is 5.56 Å². The molecule has 4 heteroatoms. The molecule has 100 valence electrons. The summed E-state index contributed by atoms with van der Waals surface area (Å²) in [7, 11) is 0. The molecule has 1 N–H and O–H groups in total. The smallest absolute Gasteiger partial charge is 0.263 e. The van der Waals surface area contributed by atoms with E-state index in [1.807, 2.05) is 12.1 Å². The van der Waals surface area contributed by atoms with Crippen molar-refractivity contribution < 1.29 is 13.9 Å². The predicted molar refractivity (Wildman–Crippen MR) is 71.5 cm³/mol. The Morgan fingerprint density at radius 2 is 1.63 bits per heavy atom. The van der Waals surface area contributed by atoms with E-state index >= 15 is 0 Å². The maximum Gasteiger partial charge on any atom is 0.263 e. The molecule has 0 spiro atoms. The van der Waals surface area contributed by atoms with Gasteiger partial charge in [0.25, 0.3) is 6.43 Å². The molecular formula is C15H13ClF2O. The van der Waals surface area contributed by atoms with Crippen LogP contribution in [0, 0.1) is 0 Å². The van der Waals surface area contributed by atoms with Gasteiger partial charge in [0, 0.05) is 17.0 Å². The topological polar surface area (TPSA) is 20.2 Å². The highest BCUT2D eigenvalue weighted by atomic mass is 35.5. The Labute approximate surface area is 115 Å². The van der Waals surface area contributed by atoms with Gasteiger partial charge in [-0.1, -0.05) is 48.0 Å². The molecule has 2 aromatic rings. The van der Waals surface area contributed by atoms with Crippen molar-refractivity contribution in [1.29, 1.82) is 0 Å². The summed E-state index contributed by atoms with van der Waals surface area (Å²) in [4.78, 5) is 0. The van der Waals surface area contributed by atoms with E-state index in [4.69, 9.17) is 11.6 Å². The summed E-state index contributed by atoms with van der Waals surface area (Å²) in [6.07, 6.45) is -2.82. The number of rotatable bonds is 4. The normalized spacial score (nSPS) is 12.7. The van der Waals surface area contributed by atoms with E-state index in [9.17, 15) is 13.9 Å². The van der Waals surface area contributed by atoms with E-state index in [2.05, 4.69) is 0 Å². The van der Waals surface area contributed by atoms with Gasteiger partial charge in [0.15, 0.2) is 0 Å². The van der Waals surface area contributed by atoms with Crippen molar-refractivity contribution in [3.8, 4) is 0 Å². The van der Waals surface area contributed by atoms with Gasteiger partial charge in [-0.05, 0) is 23.3 Å². The Bertz CT molecular complexity index is 540. The summed E-state index contributed by atoms with van der Waals surface area (Å²) in [5.74, 6) is 0. The van der Waals surface area contributed by atoms with E-state index in [1.54, 1.807) is 12.1 Å². The third-order valence-electron chi connectivity index (χ3n) is 2.89. The number of hydrogen-bond acceptors (Lipinski definition) is 1. The second-order valence-electron chi connectivity index (χ2n) is 4.32. The maximum atomic E-state index is 12.4. The molecule has 0 aliphatic rings. The van der Waals surface area contributed by atoms with E-state index < -0.39 is 12.5 Å². The number of hydrogen-bond donors (Lipinski definition) is 1. The van der Waals surface area contributed by atoms with Gasteiger partial charge < -0.3 is 5.11 Å². The standard InChI is InChI=1S/C15H13ClF2O/c16-13-3-1-2-10(8-13)9-14(19)11-4-6-12(7-5-11)15(17)18/h1-8,14-15,19H,9H2. The molecule has 0 amide bonds. The Balaban J connectivity index is 2.09. The molecule has 0 radical (unpaired) electrons. The van der Waals surface area contributed by atoms with Crippen LogP contribution in [0.2, 0.25) is 5.02 Å². The summed E-state index contributed by atoms with van der Waals surface area (Å²) in [5.41, 5.74) is 1.47. The minimum absolute atomic E-state index is 0.0429. The van der Waals surface area contributed by atoms with Crippen LogP contribution in [0.5, 0.6) is 0 Å². The molecule has 2 rings (SSSR count). The zero-order valence-corrected chi connectivity index (χ0v) is 10.8. The molecule has 0 aliphatic heterocycles. The third kappa shape index (κ3) is 3.75. The molecule has 0 aliphatic carbocycles. The molecule has 0 heterocycles. The Morgan fingerprint density at radius 1 is 1.00 bits per heavy atom. The Morgan fingerprint density at radius 3 is 2.21 bits per heavy atom. The van der Waals surface area contributed by atoms with Gasteiger partial charge in [-0.2, -0.15) is 0 Å². The molecule has 0 bridgehead atoms. The highest BCUT2D eigenvalue weighted by molar-refractivity contribution is 6.30. The minimum Gasteiger partial charge on any atom is -0.388 e. The first-order valence-electron chi connectivity index (χ1n) is 5.87. The first kappa shape index (κ1) is 14.0. The second kappa shape index (κ2) is 6.13. The number of aliphatic hydroxyl groups excluding tert-OH is 1. The van der Waals surface area contributed by atoms with Gasteiger partial charge in [-0.15, -0.1) is 0 Å². The summed E-state index contributed by atoms with van der Waals surface area (Å²) in [6.45, 7) is 0. The third-order valence-corrected chi connectivity index (χ3v) is 3.13. The van der Waals surface area contributed by atoms with E-state index in [0.29, 0.717) is 17.0 Å². The number of halogens is 3. The van der Waals surface area contributed by atoms with Crippen LogP contribution in [0.4, 0.5) is 8.78 Å². The van der Waals surface area contributed by atoms with Gasteiger partial charge in [-0.25, -0.2) is 8.78 Å². The molecule has 0 saturated heterocycles. The lowest BCUT2D eigenvalue weighted by Gasteiger charge is -2.12. The highest BCUT2D eigenvalue weighted by Gasteiger charge is 2.11. The van der Waals surface area contributed by atoms with Crippen molar-refractivity contribution in [3.05, 3.63) is 70.2 Å². The lowest BCUT2D eigenvalue weighted by Crippen LogP contribution is -2.02. The van der Waals surface area contributed by atoms with Crippen molar-refractivity contribution >= 4 is 11.6 Å². The number of benzene rings is 2. The molecule has 1 unspecified atom stereocenters. The predicted octanol–water partition coefficient (Wildman–Crippen LogP) is 4.55. The fraction of sp³-hybridized carbons (Fsp3) is 0.200. The zero-order valence-electron chi connectivity index (χ0n) is 10.1. The summed E-state index contributed by atoms with van der Waals surface area (Å²) >= 11 is 5.86. The average Bonchev–Trinajstić information content (AvgIpc) is 2.39. The summed E-state index contributed by atoms with van der Waals surface area (Å²) in [6, 6.07) is 12.9. The van der Waals surface area contributed by atoms with Crippen LogP contribution in [0.25, 0.3) is 0 Å². The molecule has 1 nitrogen and oxygen atoms in total. The fourth-order valence-corrected chi connectivity index (χ4v) is 2.08. The molecule has 1 atom stereocenters. The van der Waals surface area contributed by atoms with Crippen LogP contribution >= 0.6 is 11.6 Å². The number of aliphatic hydroxyl groups is 1. The van der Waals surface area contributed by atoms with E-state index in [1.165, 1.54) is 24.3 Å². The molecule has 0 fully saturated rings. The highest BCUT2D eigenvalue weighted by Crippen LogP contribution is 2.24. The molecular weight excluding hydrogens is 270 g/mol. The Kier molecular flexibility index (Phi) is 4.51. The van der Waals surface area contributed by atoms with Crippen LogP contribution in [-0.4, -0.2) is 5.11 Å². The van der Waals surface area contributed by atoms with Gasteiger partial charge in [-0.3, -0.25) is 0 Å². The Hall–Kier alpha value is -1.45. The average molecular weight is 283 g/mol. The van der Waals surface area contributed by atoms with Crippen LogP contribution in [-0.2, 0) is 6.42 Å². The molecule has 19 heavy (non-hydrogen) atoms. The minimum atomic E-state index is -2.49. The fourth-order valence-electron chi connectivity index (χ4n) is 1.87. The monoisotopic (exact) mass is 282 g/mol. The summed E-state index contributed by atoms with van der Waals surface area (Å²) in [5, 5.41) is 10.7. The second-order valence-corrected chi connectivity index (χ2v) is 4.75. The molecule has 0 aromatic heterocycles. The van der Waals surface area contributed by atoms with Crippen molar-refractivity contribution in [1.82, 2.24) is 0 Å². The van der Waals surface area contributed by atoms with Gasteiger partial charge >= 0.3 is 0 Å². The molecule has 0 saturated carbocycles. The zero-order chi connectivity index (χ0) is 13.8. The van der Waals surface area contributed by atoms with Crippen molar-refractivity contribution in [3.63, 3.8) is 0 Å².